The zero-order valence-electron chi connectivity index (χ0n) is 25.0. The van der Waals surface area contributed by atoms with Crippen LogP contribution in [0.1, 0.15) is 28.3 Å². The van der Waals surface area contributed by atoms with Crippen molar-refractivity contribution in [3.05, 3.63) is 102 Å². The number of benzene rings is 3. The lowest BCUT2D eigenvalue weighted by atomic mass is 9.68. The Hall–Kier alpha value is -3.78. The average Bonchev–Trinajstić information content (AvgIpc) is 3.80. The standard InChI is InChI=1S/C34H24Cl2F3N3O5S2/c35-21-9-6-16(11-22(21)36)40-23(43)13-47-18-7-4-14(5-8-18)24-25-19-12-20(28(25)48-30-29(24)49-33(46)41-30)27-26(19)31(44)42(32(27)45)17-3-1-2-15(10-17)34(37,38)39/h1-11,19-20,24-28H,12-13H2,(H,40,43)(H,41,46)/t19-,20-,24-,25?,26?,27?,28?/m1/s1. The van der Waals surface area contributed by atoms with E-state index in [4.69, 9.17) is 27.9 Å². The van der Waals surface area contributed by atoms with E-state index in [0.29, 0.717) is 27.9 Å². The summed E-state index contributed by atoms with van der Waals surface area (Å²) >= 11 is 14.6. The van der Waals surface area contributed by atoms with Crippen molar-refractivity contribution in [2.45, 2.75) is 28.8 Å². The third kappa shape index (κ3) is 5.45. The Morgan fingerprint density at radius 1 is 0.959 bits per heavy atom. The second-order valence-electron chi connectivity index (χ2n) is 12.6. The molecule has 4 unspecified atom stereocenters. The second kappa shape index (κ2) is 11.9. The topological polar surface area (TPSA) is 109 Å². The summed E-state index contributed by atoms with van der Waals surface area (Å²) in [4.78, 5) is 57.4. The van der Waals surface area contributed by atoms with E-state index in [-0.39, 0.29) is 46.1 Å². The second-order valence-corrected chi connectivity index (χ2v) is 15.6. The van der Waals surface area contributed by atoms with E-state index < -0.39 is 41.3 Å². The number of anilines is 2. The summed E-state index contributed by atoms with van der Waals surface area (Å²) in [7, 11) is 0. The maximum absolute atomic E-state index is 13.9. The van der Waals surface area contributed by atoms with Crippen molar-refractivity contribution in [1.29, 1.82) is 0 Å². The first-order valence-electron chi connectivity index (χ1n) is 15.3. The number of rotatable bonds is 6. The van der Waals surface area contributed by atoms with Gasteiger partial charge in [0.2, 0.25) is 11.8 Å². The molecule has 3 aromatic carbocycles. The van der Waals surface area contributed by atoms with E-state index >= 15 is 0 Å². The van der Waals surface area contributed by atoms with Crippen LogP contribution in [0.4, 0.5) is 24.5 Å². The van der Waals surface area contributed by atoms with E-state index in [1.807, 2.05) is 12.1 Å². The molecule has 1 aromatic heterocycles. The number of imide groups is 1. The molecule has 1 saturated heterocycles. The fourth-order valence-electron chi connectivity index (χ4n) is 8.16. The number of carbonyl (C=O) groups excluding carboxylic acids is 3. The fourth-order valence-corrected chi connectivity index (χ4v) is 11.3. The molecule has 252 valence electrons. The SMILES string of the molecule is O=C(COc1ccc([C@H]2c3sc(=O)[nH]c3SC3C2[C@H]2C[C@@H]3C3C(=O)N(c4cccc(C(F)(F)F)c4)C(=O)C32)cc1)Nc1ccc(Cl)c(Cl)c1. The summed E-state index contributed by atoms with van der Waals surface area (Å²) < 4.78 is 46.2. The Bertz CT molecular complexity index is 2090. The summed E-state index contributed by atoms with van der Waals surface area (Å²) in [6.45, 7) is -0.265. The summed E-state index contributed by atoms with van der Waals surface area (Å²) in [5.74, 6) is -2.96. The van der Waals surface area contributed by atoms with Crippen LogP contribution in [0.2, 0.25) is 10.0 Å². The van der Waals surface area contributed by atoms with Crippen LogP contribution in [0, 0.1) is 29.6 Å². The summed E-state index contributed by atoms with van der Waals surface area (Å²) in [6, 6.07) is 16.3. The van der Waals surface area contributed by atoms with Crippen LogP contribution in [0.5, 0.6) is 5.75 Å². The first-order chi connectivity index (χ1) is 23.4. The Morgan fingerprint density at radius 2 is 1.69 bits per heavy atom. The number of nitrogens with one attached hydrogen (secondary N) is 2. The first kappa shape index (κ1) is 32.4. The molecule has 15 heteroatoms. The molecular formula is C34H24Cl2F3N3O5S2. The van der Waals surface area contributed by atoms with Crippen LogP contribution < -0.4 is 19.8 Å². The van der Waals surface area contributed by atoms with Gasteiger partial charge in [0, 0.05) is 21.7 Å². The smallest absolute Gasteiger partial charge is 0.416 e. The molecule has 2 aliphatic carbocycles. The number of aromatic nitrogens is 1. The Kier molecular flexibility index (Phi) is 7.89. The van der Waals surface area contributed by atoms with Crippen molar-refractivity contribution < 1.29 is 32.3 Å². The van der Waals surface area contributed by atoms with Crippen molar-refractivity contribution in [2.24, 2.45) is 29.6 Å². The minimum atomic E-state index is -4.62. The van der Waals surface area contributed by atoms with Gasteiger partial charge in [-0.2, -0.15) is 13.2 Å². The lowest BCUT2D eigenvalue weighted by Gasteiger charge is -2.43. The number of fused-ring (bicyclic) bond motifs is 9. The number of thiazole rings is 1. The third-order valence-electron chi connectivity index (χ3n) is 9.97. The van der Waals surface area contributed by atoms with Crippen LogP contribution in [0.25, 0.3) is 0 Å². The van der Waals surface area contributed by atoms with Gasteiger partial charge in [-0.15, -0.1) is 11.8 Å². The Morgan fingerprint density at radius 3 is 2.41 bits per heavy atom. The number of hydrogen-bond acceptors (Lipinski definition) is 7. The van der Waals surface area contributed by atoms with E-state index in [0.717, 1.165) is 43.8 Å². The van der Waals surface area contributed by atoms with Crippen molar-refractivity contribution in [1.82, 2.24) is 4.98 Å². The van der Waals surface area contributed by atoms with Gasteiger partial charge < -0.3 is 15.0 Å². The van der Waals surface area contributed by atoms with E-state index in [1.54, 1.807) is 24.3 Å². The molecule has 4 aromatic rings. The molecule has 2 N–H and O–H groups in total. The highest BCUT2D eigenvalue weighted by molar-refractivity contribution is 8.00. The minimum Gasteiger partial charge on any atom is -0.484 e. The zero-order chi connectivity index (χ0) is 34.4. The number of hydrogen-bond donors (Lipinski definition) is 2. The van der Waals surface area contributed by atoms with Gasteiger partial charge in [-0.25, -0.2) is 0 Å². The molecule has 0 radical (unpaired) electrons. The Labute approximate surface area is 294 Å². The number of alkyl halides is 3. The predicted octanol–water partition coefficient (Wildman–Crippen LogP) is 7.46. The molecule has 3 fully saturated rings. The summed E-state index contributed by atoms with van der Waals surface area (Å²) in [5.41, 5.74) is 0.353. The first-order valence-corrected chi connectivity index (χ1v) is 17.8. The number of nitrogens with zero attached hydrogens (tertiary/aromatic N) is 1. The van der Waals surface area contributed by atoms with Crippen molar-refractivity contribution in [2.75, 3.05) is 16.8 Å². The number of aromatic amines is 1. The molecular weight excluding hydrogens is 722 g/mol. The monoisotopic (exact) mass is 745 g/mol. The summed E-state index contributed by atoms with van der Waals surface area (Å²) in [5, 5.41) is 4.01. The van der Waals surface area contributed by atoms with Crippen molar-refractivity contribution in [3.8, 4) is 5.75 Å². The highest BCUT2D eigenvalue weighted by atomic mass is 35.5. The number of H-pyrrole nitrogens is 1. The molecule has 7 atom stereocenters. The van der Waals surface area contributed by atoms with Gasteiger partial charge in [0.1, 0.15) is 5.75 Å². The van der Waals surface area contributed by atoms with Crippen LogP contribution in [-0.4, -0.2) is 34.6 Å². The van der Waals surface area contributed by atoms with E-state index in [2.05, 4.69) is 10.3 Å². The van der Waals surface area contributed by atoms with E-state index in [1.165, 1.54) is 30.0 Å². The molecule has 0 spiro atoms. The number of ether oxygens (including phenoxy) is 1. The lowest BCUT2D eigenvalue weighted by Crippen LogP contribution is -2.42. The molecule has 4 aliphatic rings. The molecule has 8 nitrogen and oxygen atoms in total. The van der Waals surface area contributed by atoms with Gasteiger partial charge in [0.25, 0.3) is 5.91 Å². The molecule has 2 aliphatic heterocycles. The highest BCUT2D eigenvalue weighted by Crippen LogP contribution is 2.68. The molecule has 2 saturated carbocycles. The van der Waals surface area contributed by atoms with Gasteiger partial charge in [-0.05, 0) is 78.3 Å². The highest BCUT2D eigenvalue weighted by Gasteiger charge is 2.69. The maximum Gasteiger partial charge on any atom is 0.416 e. The fraction of sp³-hybridized carbons (Fsp3) is 0.294. The van der Waals surface area contributed by atoms with Crippen LogP contribution in [0.3, 0.4) is 0 Å². The predicted molar refractivity (Wildman–Crippen MR) is 179 cm³/mol. The van der Waals surface area contributed by atoms with Crippen LogP contribution in [-0.2, 0) is 20.6 Å². The van der Waals surface area contributed by atoms with Crippen LogP contribution in [0.15, 0.2) is 76.6 Å². The molecule has 3 amide bonds. The lowest BCUT2D eigenvalue weighted by molar-refractivity contribution is -0.137. The van der Waals surface area contributed by atoms with Gasteiger partial charge in [0.15, 0.2) is 6.61 Å². The van der Waals surface area contributed by atoms with Gasteiger partial charge >= 0.3 is 11.0 Å². The molecule has 49 heavy (non-hydrogen) atoms. The quantitative estimate of drug-likeness (QED) is 0.199. The molecule has 2 bridgehead atoms. The number of amides is 3. The normalized spacial score (nSPS) is 26.8. The molecule has 3 heterocycles. The average molecular weight is 747 g/mol. The minimum absolute atomic E-state index is 0.0736. The Balaban J connectivity index is 1.05. The largest absolute Gasteiger partial charge is 0.484 e. The zero-order valence-corrected chi connectivity index (χ0v) is 28.1. The number of halogens is 5. The maximum atomic E-state index is 13.9. The van der Waals surface area contributed by atoms with E-state index in [9.17, 15) is 32.3 Å². The van der Waals surface area contributed by atoms with Crippen LogP contribution >= 0.6 is 46.3 Å². The van der Waals surface area contributed by atoms with Gasteiger partial charge in [0.05, 0.1) is 38.2 Å². The number of carbonyl (C=O) groups is 3. The molecule has 8 rings (SSSR count). The third-order valence-corrected chi connectivity index (χ3v) is 13.3. The van der Waals surface area contributed by atoms with Crippen molar-refractivity contribution in [3.63, 3.8) is 0 Å². The number of thioether (sulfide) groups is 1. The van der Waals surface area contributed by atoms with Crippen molar-refractivity contribution >= 4 is 75.4 Å². The van der Waals surface area contributed by atoms with Gasteiger partial charge in [-0.1, -0.05) is 52.7 Å². The van der Waals surface area contributed by atoms with Gasteiger partial charge in [-0.3, -0.25) is 24.1 Å². The summed E-state index contributed by atoms with van der Waals surface area (Å²) in [6.07, 6.45) is -3.99.